The maximum absolute atomic E-state index is 5.37. The van der Waals surface area contributed by atoms with Crippen LogP contribution in [0.3, 0.4) is 0 Å². The zero-order valence-corrected chi connectivity index (χ0v) is 4.53. The number of nitrogens with zero attached hydrogens (tertiary/aromatic N) is 2. The van der Waals surface area contributed by atoms with Gasteiger partial charge in [0.05, 0.1) is 6.04 Å². The first kappa shape index (κ1) is 5.24. The molecule has 0 aliphatic heterocycles. The van der Waals surface area contributed by atoms with Crippen molar-refractivity contribution in [2.24, 2.45) is 5.73 Å². The minimum absolute atomic E-state index is 0.131. The van der Waals surface area contributed by atoms with Crippen molar-refractivity contribution in [3.05, 3.63) is 12.2 Å². The molecule has 0 spiro atoms. The Morgan fingerprint density at radius 1 is 1.88 bits per heavy atom. The lowest BCUT2D eigenvalue weighted by Gasteiger charge is -1.91. The predicted octanol–water partition coefficient (Wildman–Crippen LogP) is 0.0893. The van der Waals surface area contributed by atoms with E-state index >= 15 is 0 Å². The number of nitrogens with two attached hydrogens (primary N) is 1. The van der Waals surface area contributed by atoms with Crippen molar-refractivity contribution in [3.8, 4) is 0 Å². The Morgan fingerprint density at radius 3 is 2.88 bits per heavy atom. The van der Waals surface area contributed by atoms with E-state index in [4.69, 9.17) is 5.73 Å². The van der Waals surface area contributed by atoms with Crippen molar-refractivity contribution in [3.63, 3.8) is 0 Å². The fraction of sp³-hybridized carbons (Fsp3) is 0.500. The van der Waals surface area contributed by atoms with Crippen LogP contribution in [-0.4, -0.2) is 10.1 Å². The molecule has 0 saturated heterocycles. The molecule has 4 heteroatoms. The summed E-state index contributed by atoms with van der Waals surface area (Å²) in [7, 11) is 0. The molecule has 1 aromatic rings. The van der Waals surface area contributed by atoms with E-state index < -0.39 is 0 Å². The molecule has 0 aliphatic rings. The lowest BCUT2D eigenvalue weighted by Crippen LogP contribution is -2.06. The van der Waals surface area contributed by atoms with Gasteiger partial charge in [0.1, 0.15) is 0 Å². The third-order valence-electron chi connectivity index (χ3n) is 0.786. The predicted molar refractivity (Wildman–Crippen MR) is 26.9 cm³/mol. The number of aromatic nitrogens is 2. The molecule has 44 valence electrons. The Kier molecular flexibility index (Phi) is 1.26. The summed E-state index contributed by atoms with van der Waals surface area (Å²) in [5.74, 6) is 0.546. The van der Waals surface area contributed by atoms with Crippen LogP contribution in [0.5, 0.6) is 0 Å². The van der Waals surface area contributed by atoms with Gasteiger partial charge in [-0.05, 0) is 6.92 Å². The fourth-order valence-corrected chi connectivity index (χ4v) is 0.379. The van der Waals surface area contributed by atoms with Gasteiger partial charge in [-0.15, -0.1) is 0 Å². The van der Waals surface area contributed by atoms with Gasteiger partial charge in [0, 0.05) is 0 Å². The van der Waals surface area contributed by atoms with Crippen molar-refractivity contribution < 1.29 is 4.52 Å². The van der Waals surface area contributed by atoms with Crippen LogP contribution in [0.25, 0.3) is 0 Å². The van der Waals surface area contributed by atoms with E-state index in [1.54, 1.807) is 6.92 Å². The van der Waals surface area contributed by atoms with E-state index in [2.05, 4.69) is 14.7 Å². The summed E-state index contributed by atoms with van der Waals surface area (Å²) in [4.78, 5) is 3.71. The van der Waals surface area contributed by atoms with Crippen LogP contribution in [0.2, 0.25) is 0 Å². The molecular formula is C4H7N3O. The average molecular weight is 113 g/mol. The van der Waals surface area contributed by atoms with Gasteiger partial charge in [-0.25, -0.2) is 0 Å². The van der Waals surface area contributed by atoms with Crippen molar-refractivity contribution >= 4 is 0 Å². The quantitative estimate of drug-likeness (QED) is 0.560. The van der Waals surface area contributed by atoms with E-state index in [0.29, 0.717) is 5.82 Å². The van der Waals surface area contributed by atoms with E-state index in [1.807, 2.05) is 0 Å². The molecule has 0 fully saturated rings. The van der Waals surface area contributed by atoms with E-state index in [1.165, 1.54) is 6.39 Å². The summed E-state index contributed by atoms with van der Waals surface area (Å²) < 4.78 is 4.43. The Hall–Kier alpha value is -0.900. The molecule has 0 amide bonds. The van der Waals surface area contributed by atoms with Crippen LogP contribution in [-0.2, 0) is 0 Å². The molecule has 8 heavy (non-hydrogen) atoms. The lowest BCUT2D eigenvalue weighted by molar-refractivity contribution is 0.406. The van der Waals surface area contributed by atoms with Gasteiger partial charge in [-0.3, -0.25) is 0 Å². The Bertz CT molecular complexity index is 146. The highest BCUT2D eigenvalue weighted by atomic mass is 16.5. The summed E-state index contributed by atoms with van der Waals surface area (Å²) in [5.41, 5.74) is 5.37. The molecular weight excluding hydrogens is 106 g/mol. The van der Waals surface area contributed by atoms with Gasteiger partial charge < -0.3 is 10.3 Å². The van der Waals surface area contributed by atoms with Crippen molar-refractivity contribution in [2.45, 2.75) is 13.0 Å². The summed E-state index contributed by atoms with van der Waals surface area (Å²) in [6.07, 6.45) is 1.26. The highest BCUT2D eigenvalue weighted by Crippen LogP contribution is 1.98. The average Bonchev–Trinajstić information content (AvgIpc) is 2.12. The zero-order valence-electron chi connectivity index (χ0n) is 4.53. The van der Waals surface area contributed by atoms with E-state index in [-0.39, 0.29) is 6.04 Å². The van der Waals surface area contributed by atoms with Crippen LogP contribution in [0, 0.1) is 0 Å². The van der Waals surface area contributed by atoms with Gasteiger partial charge in [-0.1, -0.05) is 5.16 Å². The first-order valence-corrected chi connectivity index (χ1v) is 2.32. The van der Waals surface area contributed by atoms with E-state index in [9.17, 15) is 0 Å². The van der Waals surface area contributed by atoms with Crippen LogP contribution in [0.15, 0.2) is 10.9 Å². The summed E-state index contributed by atoms with van der Waals surface area (Å²) in [5, 5.41) is 3.50. The standard InChI is InChI=1S/C4H7N3O/c1-3(5)4-6-2-8-7-4/h2-3H,5H2,1H3/t3-/m1/s1. The van der Waals surface area contributed by atoms with Gasteiger partial charge in [0.25, 0.3) is 0 Å². The number of hydrogen-bond acceptors (Lipinski definition) is 4. The van der Waals surface area contributed by atoms with Crippen LogP contribution in [0.4, 0.5) is 0 Å². The molecule has 4 nitrogen and oxygen atoms in total. The number of rotatable bonds is 1. The largest absolute Gasteiger partial charge is 0.343 e. The molecule has 0 saturated carbocycles. The Morgan fingerprint density at radius 2 is 2.62 bits per heavy atom. The van der Waals surface area contributed by atoms with Crippen molar-refractivity contribution in [1.82, 2.24) is 10.1 Å². The minimum atomic E-state index is -0.131. The second-order valence-corrected chi connectivity index (χ2v) is 1.58. The highest BCUT2D eigenvalue weighted by molar-refractivity contribution is 4.83. The molecule has 1 rings (SSSR count). The zero-order chi connectivity index (χ0) is 5.98. The Labute approximate surface area is 46.7 Å². The van der Waals surface area contributed by atoms with Crippen molar-refractivity contribution in [1.29, 1.82) is 0 Å². The molecule has 0 unspecified atom stereocenters. The second kappa shape index (κ2) is 1.92. The maximum atomic E-state index is 5.37. The fourth-order valence-electron chi connectivity index (χ4n) is 0.379. The second-order valence-electron chi connectivity index (χ2n) is 1.58. The lowest BCUT2D eigenvalue weighted by atomic mass is 10.4. The summed E-state index contributed by atoms with van der Waals surface area (Å²) in [6.45, 7) is 1.80. The minimum Gasteiger partial charge on any atom is -0.343 e. The maximum Gasteiger partial charge on any atom is 0.213 e. The normalized spacial score (nSPS) is 13.8. The topological polar surface area (TPSA) is 64.9 Å². The highest BCUT2D eigenvalue weighted by Gasteiger charge is 2.01. The van der Waals surface area contributed by atoms with Gasteiger partial charge in [0.15, 0.2) is 5.82 Å². The molecule has 0 aliphatic carbocycles. The first-order valence-electron chi connectivity index (χ1n) is 2.32. The third-order valence-corrected chi connectivity index (χ3v) is 0.786. The van der Waals surface area contributed by atoms with Crippen molar-refractivity contribution in [2.75, 3.05) is 0 Å². The third kappa shape index (κ3) is 0.840. The molecule has 1 atom stereocenters. The summed E-state index contributed by atoms with van der Waals surface area (Å²) >= 11 is 0. The summed E-state index contributed by atoms with van der Waals surface area (Å²) in [6, 6.07) is -0.131. The molecule has 1 heterocycles. The molecule has 0 bridgehead atoms. The number of hydrogen-bond donors (Lipinski definition) is 1. The van der Waals surface area contributed by atoms with Crippen LogP contribution in [0.1, 0.15) is 18.8 Å². The van der Waals surface area contributed by atoms with Gasteiger partial charge >= 0.3 is 0 Å². The van der Waals surface area contributed by atoms with Crippen LogP contribution >= 0.6 is 0 Å². The Balaban J connectivity index is 2.77. The molecule has 2 N–H and O–H groups in total. The molecule has 1 aromatic heterocycles. The molecule has 0 aromatic carbocycles. The SMILES string of the molecule is C[C@@H](N)c1ncon1. The monoisotopic (exact) mass is 113 g/mol. The van der Waals surface area contributed by atoms with Gasteiger partial charge in [-0.2, -0.15) is 4.98 Å². The smallest absolute Gasteiger partial charge is 0.213 e. The van der Waals surface area contributed by atoms with Crippen LogP contribution < -0.4 is 5.73 Å². The van der Waals surface area contributed by atoms with Gasteiger partial charge in [0.2, 0.25) is 6.39 Å². The van der Waals surface area contributed by atoms with E-state index in [0.717, 1.165) is 0 Å². The first-order chi connectivity index (χ1) is 3.80. The molecule has 0 radical (unpaired) electrons.